The maximum atomic E-state index is 3.56. The minimum atomic E-state index is 1.75. The van der Waals surface area contributed by atoms with Gasteiger partial charge in [-0.25, -0.2) is 0 Å². The Balaban J connectivity index is 3.59. The van der Waals surface area contributed by atoms with Gasteiger partial charge in [-0.15, -0.1) is 0 Å². The molecule has 0 saturated heterocycles. The van der Waals surface area contributed by atoms with Gasteiger partial charge in [-0.3, -0.25) is 0 Å². The lowest BCUT2D eigenvalue weighted by Crippen LogP contribution is -1.49. The second kappa shape index (κ2) is 8.70. The largest absolute Gasteiger partial charge is 0.0991 e. The van der Waals surface area contributed by atoms with Gasteiger partial charge in [-0.1, -0.05) is 61.3 Å². The highest BCUT2D eigenvalue weighted by Gasteiger charge is 1.59. The van der Waals surface area contributed by atoms with E-state index >= 15 is 0 Å². The summed E-state index contributed by atoms with van der Waals surface area (Å²) >= 11 is 0. The SMILES string of the molecule is C=CC=CC=CC=CC=CC. The van der Waals surface area contributed by atoms with Crippen molar-refractivity contribution in [1.29, 1.82) is 0 Å². The van der Waals surface area contributed by atoms with Crippen molar-refractivity contribution >= 4 is 0 Å². The van der Waals surface area contributed by atoms with Crippen LogP contribution >= 0.6 is 0 Å². The second-order valence-electron chi connectivity index (χ2n) is 1.92. The highest BCUT2D eigenvalue weighted by Crippen LogP contribution is 1.81. The molecule has 0 amide bonds. The Morgan fingerprint density at radius 2 is 1.18 bits per heavy atom. The Hall–Kier alpha value is -1.30. The third-order valence-electron chi connectivity index (χ3n) is 0.995. The number of hydrogen-bond donors (Lipinski definition) is 0. The Bertz CT molecular complexity index is 190. The van der Waals surface area contributed by atoms with E-state index in [1.165, 1.54) is 0 Å². The van der Waals surface area contributed by atoms with Crippen LogP contribution in [-0.4, -0.2) is 0 Å². The molecule has 0 aromatic rings. The fourth-order valence-electron chi connectivity index (χ4n) is 0.510. The third-order valence-corrected chi connectivity index (χ3v) is 0.995. The van der Waals surface area contributed by atoms with E-state index in [2.05, 4.69) is 6.58 Å². The van der Waals surface area contributed by atoms with Crippen LogP contribution in [0, 0.1) is 0 Å². The van der Waals surface area contributed by atoms with Crippen LogP contribution in [0.4, 0.5) is 0 Å². The normalized spacial score (nSPS) is 12.8. The highest BCUT2D eigenvalue weighted by atomic mass is 13.7. The molecule has 0 aromatic carbocycles. The molecule has 0 heteroatoms. The fourth-order valence-corrected chi connectivity index (χ4v) is 0.510. The molecule has 0 heterocycles. The van der Waals surface area contributed by atoms with Crippen molar-refractivity contribution in [2.45, 2.75) is 6.92 Å². The van der Waals surface area contributed by atoms with Crippen LogP contribution in [0.25, 0.3) is 0 Å². The molecule has 0 bridgehead atoms. The lowest BCUT2D eigenvalue weighted by atomic mass is 10.4. The summed E-state index contributed by atoms with van der Waals surface area (Å²) in [5.41, 5.74) is 0. The van der Waals surface area contributed by atoms with E-state index in [0.717, 1.165) is 0 Å². The van der Waals surface area contributed by atoms with Gasteiger partial charge in [0.1, 0.15) is 0 Å². The molecular weight excluding hydrogens is 132 g/mol. The summed E-state index contributed by atoms with van der Waals surface area (Å²) in [5.74, 6) is 0. The first kappa shape index (κ1) is 9.70. The van der Waals surface area contributed by atoms with Gasteiger partial charge >= 0.3 is 0 Å². The summed E-state index contributed by atoms with van der Waals surface area (Å²) in [4.78, 5) is 0. The van der Waals surface area contributed by atoms with Crippen LogP contribution in [0.1, 0.15) is 6.92 Å². The Labute approximate surface area is 68.9 Å². The molecule has 0 radical (unpaired) electrons. The molecular formula is C11H14. The number of allylic oxidation sites excluding steroid dienone is 9. The molecule has 0 fully saturated rings. The summed E-state index contributed by atoms with van der Waals surface area (Å²) < 4.78 is 0. The second-order valence-corrected chi connectivity index (χ2v) is 1.92. The van der Waals surface area contributed by atoms with Crippen LogP contribution in [0.2, 0.25) is 0 Å². The van der Waals surface area contributed by atoms with Gasteiger partial charge in [0, 0.05) is 0 Å². The van der Waals surface area contributed by atoms with Crippen LogP contribution in [-0.2, 0) is 0 Å². The summed E-state index contributed by atoms with van der Waals surface area (Å²) in [6.45, 7) is 5.55. The van der Waals surface area contributed by atoms with Crippen molar-refractivity contribution in [1.82, 2.24) is 0 Å². The van der Waals surface area contributed by atoms with Gasteiger partial charge in [0.2, 0.25) is 0 Å². The molecule has 0 rings (SSSR count). The topological polar surface area (TPSA) is 0 Å². The zero-order valence-electron chi connectivity index (χ0n) is 6.90. The Kier molecular flexibility index (Phi) is 7.67. The quantitative estimate of drug-likeness (QED) is 0.533. The first-order valence-corrected chi connectivity index (χ1v) is 3.65. The van der Waals surface area contributed by atoms with E-state index in [1.807, 2.05) is 55.5 Å². The molecule has 0 aliphatic heterocycles. The average molecular weight is 146 g/mol. The van der Waals surface area contributed by atoms with E-state index in [-0.39, 0.29) is 0 Å². The Morgan fingerprint density at radius 3 is 1.64 bits per heavy atom. The maximum Gasteiger partial charge on any atom is -0.0467 e. The highest BCUT2D eigenvalue weighted by molar-refractivity contribution is 5.16. The van der Waals surface area contributed by atoms with Gasteiger partial charge in [0.15, 0.2) is 0 Å². The third kappa shape index (κ3) is 8.70. The summed E-state index contributed by atoms with van der Waals surface area (Å²) in [7, 11) is 0. The van der Waals surface area contributed by atoms with Gasteiger partial charge < -0.3 is 0 Å². The zero-order valence-corrected chi connectivity index (χ0v) is 6.90. The van der Waals surface area contributed by atoms with Gasteiger partial charge in [-0.2, -0.15) is 0 Å². The predicted molar refractivity (Wildman–Crippen MR) is 52.4 cm³/mol. The first-order valence-electron chi connectivity index (χ1n) is 3.65. The van der Waals surface area contributed by atoms with Crippen LogP contribution in [0.15, 0.2) is 61.3 Å². The lowest BCUT2D eigenvalue weighted by molar-refractivity contribution is 1.73. The van der Waals surface area contributed by atoms with Crippen molar-refractivity contribution in [3.8, 4) is 0 Å². The standard InChI is InChI=1S/C11H14/c1-3-5-7-9-11-10-8-6-4-2/h3-11H,1H2,2H3. The van der Waals surface area contributed by atoms with Gasteiger partial charge in [0.05, 0.1) is 0 Å². The van der Waals surface area contributed by atoms with E-state index < -0.39 is 0 Å². The van der Waals surface area contributed by atoms with Crippen molar-refractivity contribution < 1.29 is 0 Å². The molecule has 0 aliphatic rings. The van der Waals surface area contributed by atoms with Crippen molar-refractivity contribution in [3.05, 3.63) is 61.3 Å². The van der Waals surface area contributed by atoms with Crippen LogP contribution in [0.3, 0.4) is 0 Å². The van der Waals surface area contributed by atoms with E-state index in [9.17, 15) is 0 Å². The molecule has 0 aliphatic carbocycles. The molecule has 0 unspecified atom stereocenters. The first-order chi connectivity index (χ1) is 5.41. The molecule has 11 heavy (non-hydrogen) atoms. The smallest absolute Gasteiger partial charge is 0.0467 e. The fraction of sp³-hybridized carbons (Fsp3) is 0.0909. The minimum Gasteiger partial charge on any atom is -0.0991 e. The number of rotatable bonds is 4. The van der Waals surface area contributed by atoms with E-state index in [1.54, 1.807) is 6.08 Å². The lowest BCUT2D eigenvalue weighted by Gasteiger charge is -1.71. The molecule has 0 N–H and O–H groups in total. The predicted octanol–water partition coefficient (Wildman–Crippen LogP) is 3.42. The molecule has 0 saturated carbocycles. The van der Waals surface area contributed by atoms with Crippen molar-refractivity contribution in [2.75, 3.05) is 0 Å². The molecule has 0 atom stereocenters. The molecule has 0 nitrogen and oxygen atoms in total. The summed E-state index contributed by atoms with van der Waals surface area (Å²) in [6.07, 6.45) is 17.5. The minimum absolute atomic E-state index is 1.75. The average Bonchev–Trinajstić information content (AvgIpc) is 2.03. The maximum absolute atomic E-state index is 3.56. The van der Waals surface area contributed by atoms with E-state index in [4.69, 9.17) is 0 Å². The van der Waals surface area contributed by atoms with Crippen molar-refractivity contribution in [2.24, 2.45) is 0 Å². The molecule has 0 aromatic heterocycles. The summed E-state index contributed by atoms with van der Waals surface area (Å²) in [6, 6.07) is 0. The van der Waals surface area contributed by atoms with E-state index in [0.29, 0.717) is 0 Å². The molecule has 58 valence electrons. The van der Waals surface area contributed by atoms with Crippen LogP contribution < -0.4 is 0 Å². The van der Waals surface area contributed by atoms with Crippen molar-refractivity contribution in [3.63, 3.8) is 0 Å². The van der Waals surface area contributed by atoms with Gasteiger partial charge in [-0.05, 0) is 6.92 Å². The van der Waals surface area contributed by atoms with Gasteiger partial charge in [0.25, 0.3) is 0 Å². The monoisotopic (exact) mass is 146 g/mol. The summed E-state index contributed by atoms with van der Waals surface area (Å²) in [5, 5.41) is 0. The zero-order chi connectivity index (χ0) is 8.36. The van der Waals surface area contributed by atoms with Crippen LogP contribution in [0.5, 0.6) is 0 Å². The molecule has 0 spiro atoms. The number of hydrogen-bond acceptors (Lipinski definition) is 0. The Morgan fingerprint density at radius 1 is 0.727 bits per heavy atom.